The molecule has 1 aromatic heterocycles. The van der Waals surface area contributed by atoms with Crippen LogP contribution in [0.3, 0.4) is 0 Å². The molecule has 2 heterocycles. The molecule has 6 nitrogen and oxygen atoms in total. The van der Waals surface area contributed by atoms with E-state index in [4.69, 9.17) is 14.0 Å². The minimum absolute atomic E-state index is 0.00164. The number of hydrogen-bond acceptors (Lipinski definition) is 6. The molecule has 1 saturated heterocycles. The second-order valence-electron chi connectivity index (χ2n) is 9.64. The molecule has 5 rings (SSSR count). The molecule has 2 aromatic carbocycles. The fraction of sp³-hybridized carbons (Fsp3) is 0.429. The summed E-state index contributed by atoms with van der Waals surface area (Å²) < 4.78 is 17.1. The van der Waals surface area contributed by atoms with Crippen LogP contribution in [0.1, 0.15) is 60.3 Å². The molecule has 1 aliphatic carbocycles. The van der Waals surface area contributed by atoms with Crippen LogP contribution in [0, 0.1) is 12.8 Å². The van der Waals surface area contributed by atoms with E-state index in [2.05, 4.69) is 53.4 Å². The normalized spacial score (nSPS) is 18.6. The number of benzene rings is 2. The molecule has 6 heteroatoms. The number of Topliss-reactive ketones (excluding diaryl/α,β-unsaturated/α-hetero) is 1. The van der Waals surface area contributed by atoms with Gasteiger partial charge in [-0.05, 0) is 73.6 Å². The molecule has 34 heavy (non-hydrogen) atoms. The highest BCUT2D eigenvalue weighted by Gasteiger charge is 2.25. The van der Waals surface area contributed by atoms with Gasteiger partial charge in [-0.15, -0.1) is 0 Å². The molecule has 0 radical (unpaired) electrons. The van der Waals surface area contributed by atoms with Crippen molar-refractivity contribution in [3.8, 4) is 11.5 Å². The number of carbonyl (C=O) groups excluding carboxylic acids is 1. The zero-order chi connectivity index (χ0) is 23.5. The van der Waals surface area contributed by atoms with Gasteiger partial charge in [-0.1, -0.05) is 24.2 Å². The van der Waals surface area contributed by atoms with Crippen LogP contribution in [0.15, 0.2) is 59.1 Å². The predicted octanol–water partition coefficient (Wildman–Crippen LogP) is 5.81. The molecule has 1 saturated carbocycles. The molecule has 0 spiro atoms. The van der Waals surface area contributed by atoms with Gasteiger partial charge in [-0.2, -0.15) is 0 Å². The first-order valence-corrected chi connectivity index (χ1v) is 12.2. The monoisotopic (exact) mass is 460 g/mol. The zero-order valence-electron chi connectivity index (χ0n) is 19.9. The first-order valence-electron chi connectivity index (χ1n) is 12.2. The molecule has 2 fully saturated rings. The quantitative estimate of drug-likeness (QED) is 0.356. The number of rotatable bonds is 10. The third kappa shape index (κ3) is 5.61. The Bertz CT molecular complexity index is 1100. The molecule has 178 valence electrons. The van der Waals surface area contributed by atoms with E-state index >= 15 is 0 Å². The van der Waals surface area contributed by atoms with Crippen molar-refractivity contribution < 1.29 is 18.8 Å². The largest absolute Gasteiger partial charge is 0.493 e. The molecule has 2 aliphatic rings. The van der Waals surface area contributed by atoms with Crippen molar-refractivity contribution in [1.29, 1.82) is 0 Å². The van der Waals surface area contributed by atoms with Crippen LogP contribution in [0.25, 0.3) is 0 Å². The number of ketones is 1. The Kier molecular flexibility index (Phi) is 6.57. The number of ether oxygens (including phenoxy) is 2. The number of aryl methyl sites for hydroxylation is 1. The van der Waals surface area contributed by atoms with Gasteiger partial charge >= 0.3 is 0 Å². The highest BCUT2D eigenvalue weighted by molar-refractivity contribution is 5.94. The van der Waals surface area contributed by atoms with Crippen LogP contribution in [0.4, 0.5) is 5.69 Å². The fourth-order valence-electron chi connectivity index (χ4n) is 4.38. The Morgan fingerprint density at radius 3 is 2.50 bits per heavy atom. The maximum absolute atomic E-state index is 12.4. The summed E-state index contributed by atoms with van der Waals surface area (Å²) in [7, 11) is 0. The highest BCUT2D eigenvalue weighted by Crippen LogP contribution is 2.31. The minimum atomic E-state index is -0.00164. The lowest BCUT2D eigenvalue weighted by atomic mass is 9.94. The average Bonchev–Trinajstić information content (AvgIpc) is 3.39. The lowest BCUT2D eigenvalue weighted by Gasteiger charge is -2.20. The summed E-state index contributed by atoms with van der Waals surface area (Å²) in [5, 5.41) is 3.83. The Morgan fingerprint density at radius 1 is 1.09 bits per heavy atom. The third-order valence-electron chi connectivity index (χ3n) is 6.69. The first-order chi connectivity index (χ1) is 16.5. The van der Waals surface area contributed by atoms with Crippen molar-refractivity contribution in [2.45, 2.75) is 51.6 Å². The Labute approximate surface area is 200 Å². The van der Waals surface area contributed by atoms with Gasteiger partial charge in [0.1, 0.15) is 29.1 Å². The zero-order valence-corrected chi connectivity index (χ0v) is 19.9. The van der Waals surface area contributed by atoms with Gasteiger partial charge in [0.25, 0.3) is 0 Å². The van der Waals surface area contributed by atoms with E-state index in [0.717, 1.165) is 49.1 Å². The molecule has 3 aromatic rings. The van der Waals surface area contributed by atoms with Crippen molar-refractivity contribution in [3.63, 3.8) is 0 Å². The van der Waals surface area contributed by atoms with E-state index in [-0.39, 0.29) is 17.8 Å². The number of carbonyl (C=O) groups is 1. The number of anilines is 1. The van der Waals surface area contributed by atoms with Crippen LogP contribution >= 0.6 is 0 Å². The van der Waals surface area contributed by atoms with Crippen LogP contribution in [0.5, 0.6) is 11.5 Å². The molecule has 0 unspecified atom stereocenters. The Morgan fingerprint density at radius 2 is 1.82 bits per heavy atom. The minimum Gasteiger partial charge on any atom is -0.493 e. The second kappa shape index (κ2) is 9.92. The number of nitrogens with zero attached hydrogens (tertiary/aromatic N) is 2. The Hall–Kier alpha value is -3.28. The van der Waals surface area contributed by atoms with E-state index < -0.39 is 0 Å². The molecule has 0 bridgehead atoms. The summed E-state index contributed by atoms with van der Waals surface area (Å²) in [5.74, 6) is 3.33. The smallest absolute Gasteiger partial charge is 0.185 e. The molecule has 2 atom stereocenters. The fourth-order valence-corrected chi connectivity index (χ4v) is 4.38. The van der Waals surface area contributed by atoms with E-state index in [1.165, 1.54) is 18.5 Å². The van der Waals surface area contributed by atoms with E-state index in [1.807, 2.05) is 12.1 Å². The Balaban J connectivity index is 1.10. The van der Waals surface area contributed by atoms with Gasteiger partial charge < -0.3 is 18.9 Å². The summed E-state index contributed by atoms with van der Waals surface area (Å²) in [4.78, 5) is 14.8. The van der Waals surface area contributed by atoms with Gasteiger partial charge in [0.2, 0.25) is 0 Å². The van der Waals surface area contributed by atoms with Crippen molar-refractivity contribution in [3.05, 3.63) is 71.6 Å². The summed E-state index contributed by atoms with van der Waals surface area (Å²) in [6.45, 7) is 6.53. The molecule has 0 N–H and O–H groups in total. The number of hydrogen-bond donors (Lipinski definition) is 0. The summed E-state index contributed by atoms with van der Waals surface area (Å²) in [5.41, 5.74) is 2.72. The van der Waals surface area contributed by atoms with Crippen LogP contribution < -0.4 is 14.4 Å². The van der Waals surface area contributed by atoms with E-state index in [9.17, 15) is 4.79 Å². The van der Waals surface area contributed by atoms with Gasteiger partial charge in [-0.3, -0.25) is 4.79 Å². The molecule has 1 aliphatic heterocycles. The topological polar surface area (TPSA) is 64.8 Å². The SMILES string of the molecule is Cc1cc(C(=O)C[C@@H](C)c2ccc(O[C@@H]3CCN(c4ccc(OCC5CC5)cc4)C3)cc2)no1. The molecule has 0 amide bonds. The first kappa shape index (κ1) is 22.5. The maximum Gasteiger partial charge on any atom is 0.185 e. The molecular weight excluding hydrogens is 428 g/mol. The van der Waals surface area contributed by atoms with Gasteiger partial charge in [-0.25, -0.2) is 0 Å². The number of aromatic nitrogens is 1. The van der Waals surface area contributed by atoms with E-state index in [1.54, 1.807) is 13.0 Å². The van der Waals surface area contributed by atoms with Crippen molar-refractivity contribution in [1.82, 2.24) is 5.16 Å². The summed E-state index contributed by atoms with van der Waals surface area (Å²) >= 11 is 0. The lowest BCUT2D eigenvalue weighted by Crippen LogP contribution is -2.24. The standard InChI is InChI=1S/C28H32N2O4/c1-19(15-28(31)27-16-20(2)34-29-27)22-5-9-25(10-6-22)33-26-13-14-30(17-26)23-7-11-24(12-8-23)32-18-21-3-4-21/h5-12,16,19,21,26H,3-4,13-15,17-18H2,1-2H3/t19-,26-/m1/s1. The van der Waals surface area contributed by atoms with Gasteiger partial charge in [0.05, 0.1) is 13.2 Å². The van der Waals surface area contributed by atoms with Crippen LogP contribution in [-0.2, 0) is 0 Å². The second-order valence-corrected chi connectivity index (χ2v) is 9.64. The van der Waals surface area contributed by atoms with Crippen molar-refractivity contribution in [2.24, 2.45) is 5.92 Å². The average molecular weight is 461 g/mol. The maximum atomic E-state index is 12.4. The van der Waals surface area contributed by atoms with Gasteiger partial charge in [0, 0.05) is 31.1 Å². The molecular formula is C28H32N2O4. The van der Waals surface area contributed by atoms with Crippen molar-refractivity contribution in [2.75, 3.05) is 24.6 Å². The highest BCUT2D eigenvalue weighted by atomic mass is 16.5. The third-order valence-corrected chi connectivity index (χ3v) is 6.69. The van der Waals surface area contributed by atoms with Crippen molar-refractivity contribution >= 4 is 11.5 Å². The van der Waals surface area contributed by atoms with Crippen LogP contribution in [-0.4, -0.2) is 36.7 Å². The van der Waals surface area contributed by atoms with Crippen LogP contribution in [0.2, 0.25) is 0 Å². The van der Waals surface area contributed by atoms with Gasteiger partial charge in [0.15, 0.2) is 5.78 Å². The van der Waals surface area contributed by atoms with E-state index in [0.29, 0.717) is 17.9 Å². The predicted molar refractivity (Wildman–Crippen MR) is 131 cm³/mol. The summed E-state index contributed by atoms with van der Waals surface area (Å²) in [6.07, 6.45) is 4.15. The summed E-state index contributed by atoms with van der Waals surface area (Å²) in [6, 6.07) is 18.2. The lowest BCUT2D eigenvalue weighted by molar-refractivity contribution is 0.0967.